The molecule has 1 aliphatic carbocycles. The summed E-state index contributed by atoms with van der Waals surface area (Å²) in [4.78, 5) is 33.4. The van der Waals surface area contributed by atoms with Gasteiger partial charge in [-0.15, -0.1) is 10.2 Å². The summed E-state index contributed by atoms with van der Waals surface area (Å²) in [5.41, 5.74) is -0.319. The minimum absolute atomic E-state index is 0.0390. The molecule has 1 aromatic heterocycles. The minimum atomic E-state index is -4.54. The van der Waals surface area contributed by atoms with Gasteiger partial charge in [0.2, 0.25) is 0 Å². The first kappa shape index (κ1) is 28.2. The Morgan fingerprint density at radius 2 is 2.00 bits per heavy atom. The zero-order chi connectivity index (χ0) is 29.2. The quantitative estimate of drug-likeness (QED) is 0.373. The molecular formula is C29H30F3N7O2. The Morgan fingerprint density at radius 1 is 1.22 bits per heavy atom. The van der Waals surface area contributed by atoms with Crippen molar-refractivity contribution in [3.8, 4) is 0 Å². The number of carbonyl (C=O) groups excluding carboxylic acids is 2. The molecule has 5 rings (SSSR count). The molecule has 2 unspecified atom stereocenters. The number of nitrogens with zero attached hydrogens (tertiary/aromatic N) is 5. The number of nitrogens with one attached hydrogen (secondary N) is 2. The van der Waals surface area contributed by atoms with Gasteiger partial charge in [-0.1, -0.05) is 61.9 Å². The highest BCUT2D eigenvalue weighted by atomic mass is 19.4. The smallest absolute Gasteiger partial charge is 0.345 e. The summed E-state index contributed by atoms with van der Waals surface area (Å²) in [6.07, 6.45) is 1.90. The van der Waals surface area contributed by atoms with Crippen LogP contribution in [0.1, 0.15) is 78.4 Å². The maximum atomic E-state index is 14.1. The number of allylic oxidation sites excluding steroid dienone is 1. The van der Waals surface area contributed by atoms with Crippen molar-refractivity contribution >= 4 is 17.5 Å². The van der Waals surface area contributed by atoms with Gasteiger partial charge in [-0.05, 0) is 48.6 Å². The van der Waals surface area contributed by atoms with Crippen LogP contribution in [0.25, 0.3) is 0 Å². The van der Waals surface area contributed by atoms with E-state index in [2.05, 4.69) is 32.0 Å². The summed E-state index contributed by atoms with van der Waals surface area (Å²) < 4.78 is 40.5. The van der Waals surface area contributed by atoms with Crippen molar-refractivity contribution in [3.05, 3.63) is 88.8 Å². The summed E-state index contributed by atoms with van der Waals surface area (Å²) in [5.74, 6) is -0.241. The van der Waals surface area contributed by atoms with Gasteiger partial charge in [-0.2, -0.15) is 18.4 Å². The molecule has 3 atom stereocenters. The number of benzene rings is 2. The van der Waals surface area contributed by atoms with Crippen LogP contribution in [-0.2, 0) is 17.5 Å². The third-order valence-electron chi connectivity index (χ3n) is 7.44. The molecule has 0 saturated heterocycles. The SMILES string of the molecule is CCC[C@H](c1ccc(C(=O)NCc2nn[nH]n2)cc1)N1C(=O)C(c2cccc(C(F)(F)F)c2)=NC12CC=CC(C)C2. The van der Waals surface area contributed by atoms with Crippen LogP contribution in [0.15, 0.2) is 65.7 Å². The lowest BCUT2D eigenvalue weighted by Crippen LogP contribution is -2.50. The number of aromatic amines is 1. The molecule has 2 amide bonds. The number of hydrogen-bond acceptors (Lipinski definition) is 6. The Kier molecular flexibility index (Phi) is 7.74. The van der Waals surface area contributed by atoms with Gasteiger partial charge in [0, 0.05) is 17.5 Å². The maximum absolute atomic E-state index is 14.1. The van der Waals surface area contributed by atoms with Gasteiger partial charge in [0.25, 0.3) is 11.8 Å². The molecule has 2 heterocycles. The van der Waals surface area contributed by atoms with Crippen molar-refractivity contribution in [2.75, 3.05) is 0 Å². The fourth-order valence-electron chi connectivity index (χ4n) is 5.61. The van der Waals surface area contributed by atoms with E-state index >= 15 is 0 Å². The van der Waals surface area contributed by atoms with E-state index in [1.54, 1.807) is 17.0 Å². The highest BCUT2D eigenvalue weighted by Crippen LogP contribution is 2.45. The Morgan fingerprint density at radius 3 is 2.66 bits per heavy atom. The predicted molar refractivity (Wildman–Crippen MR) is 145 cm³/mol. The molecule has 3 aromatic rings. The number of hydrogen-bond donors (Lipinski definition) is 2. The molecule has 0 saturated carbocycles. The topological polar surface area (TPSA) is 116 Å². The van der Waals surface area contributed by atoms with E-state index in [1.165, 1.54) is 12.1 Å². The zero-order valence-electron chi connectivity index (χ0n) is 22.7. The van der Waals surface area contributed by atoms with Crippen molar-refractivity contribution in [1.82, 2.24) is 30.8 Å². The second-order valence-corrected chi connectivity index (χ2v) is 10.4. The second-order valence-electron chi connectivity index (χ2n) is 10.4. The number of aromatic nitrogens is 4. The fraction of sp³-hybridized carbons (Fsp3) is 0.379. The summed E-state index contributed by atoms with van der Waals surface area (Å²) in [6.45, 7) is 4.16. The summed E-state index contributed by atoms with van der Waals surface area (Å²) >= 11 is 0. The molecule has 1 spiro atoms. The fourth-order valence-corrected chi connectivity index (χ4v) is 5.61. The Labute approximate surface area is 234 Å². The maximum Gasteiger partial charge on any atom is 0.416 e. The average Bonchev–Trinajstić information content (AvgIpc) is 3.56. The summed E-state index contributed by atoms with van der Waals surface area (Å²) in [7, 11) is 0. The lowest BCUT2D eigenvalue weighted by Gasteiger charge is -2.44. The molecule has 2 aliphatic rings. The molecule has 0 bridgehead atoms. The first-order valence-corrected chi connectivity index (χ1v) is 13.5. The molecule has 1 aliphatic heterocycles. The van der Waals surface area contributed by atoms with E-state index in [9.17, 15) is 22.8 Å². The van der Waals surface area contributed by atoms with Gasteiger partial charge in [-0.25, -0.2) is 0 Å². The van der Waals surface area contributed by atoms with E-state index in [4.69, 9.17) is 4.99 Å². The van der Waals surface area contributed by atoms with Crippen molar-refractivity contribution in [3.63, 3.8) is 0 Å². The molecule has 12 heteroatoms. The van der Waals surface area contributed by atoms with Gasteiger partial charge >= 0.3 is 6.18 Å². The van der Waals surface area contributed by atoms with Crippen LogP contribution in [0, 0.1) is 5.92 Å². The van der Waals surface area contributed by atoms with Crippen molar-refractivity contribution < 1.29 is 22.8 Å². The van der Waals surface area contributed by atoms with Crippen LogP contribution in [-0.4, -0.2) is 48.7 Å². The predicted octanol–water partition coefficient (Wildman–Crippen LogP) is 5.00. The van der Waals surface area contributed by atoms with E-state index in [-0.39, 0.29) is 29.6 Å². The molecule has 9 nitrogen and oxygen atoms in total. The number of halogens is 3. The summed E-state index contributed by atoms with van der Waals surface area (Å²) in [6, 6.07) is 11.4. The van der Waals surface area contributed by atoms with E-state index in [0.29, 0.717) is 30.7 Å². The Bertz CT molecular complexity index is 1470. The largest absolute Gasteiger partial charge is 0.416 e. The molecule has 2 aromatic carbocycles. The Hall–Kier alpha value is -4.35. The highest BCUT2D eigenvalue weighted by molar-refractivity contribution is 6.46. The first-order valence-electron chi connectivity index (χ1n) is 13.5. The van der Waals surface area contributed by atoms with Crippen LogP contribution < -0.4 is 5.32 Å². The normalized spacial score (nSPS) is 21.3. The van der Waals surface area contributed by atoms with Crippen molar-refractivity contribution in [2.24, 2.45) is 10.9 Å². The van der Waals surface area contributed by atoms with Crippen LogP contribution in [0.5, 0.6) is 0 Å². The monoisotopic (exact) mass is 565 g/mol. The number of carbonyl (C=O) groups is 2. The third-order valence-corrected chi connectivity index (χ3v) is 7.44. The number of amides is 2. The molecule has 0 fully saturated rings. The molecule has 214 valence electrons. The molecular weight excluding hydrogens is 535 g/mol. The van der Waals surface area contributed by atoms with Gasteiger partial charge < -0.3 is 10.2 Å². The third kappa shape index (κ3) is 5.77. The summed E-state index contributed by atoms with van der Waals surface area (Å²) in [5, 5.41) is 16.1. The van der Waals surface area contributed by atoms with Gasteiger partial charge in [0.1, 0.15) is 11.4 Å². The van der Waals surface area contributed by atoms with E-state index in [0.717, 1.165) is 24.1 Å². The Balaban J connectivity index is 1.47. The first-order chi connectivity index (χ1) is 19.6. The molecule has 41 heavy (non-hydrogen) atoms. The lowest BCUT2D eigenvalue weighted by molar-refractivity contribution is -0.137. The highest BCUT2D eigenvalue weighted by Gasteiger charge is 2.51. The molecule has 2 N–H and O–H groups in total. The standard InChI is InChI=1S/C29H30F3N7O2/c1-3-6-23(19-10-12-20(13-11-19)26(40)33-17-24-35-37-38-36-24)39-27(41)25(34-28(39)14-5-7-18(2)16-28)21-8-4-9-22(15-21)29(30,31)32/h4-5,7-13,15,18,23H,3,6,14,16-17H2,1-2H3,(H,33,40)(H,35,36,37,38)/t18?,23-,28?/m1/s1. The molecule has 0 radical (unpaired) electrons. The van der Waals surface area contributed by atoms with E-state index in [1.807, 2.05) is 32.1 Å². The number of H-pyrrole nitrogens is 1. The zero-order valence-corrected chi connectivity index (χ0v) is 22.7. The number of rotatable bonds is 8. The lowest BCUT2D eigenvalue weighted by atomic mass is 9.85. The van der Waals surface area contributed by atoms with Crippen LogP contribution in [0.3, 0.4) is 0 Å². The van der Waals surface area contributed by atoms with Gasteiger partial charge in [-0.3, -0.25) is 14.6 Å². The van der Waals surface area contributed by atoms with Crippen LogP contribution in [0.4, 0.5) is 13.2 Å². The van der Waals surface area contributed by atoms with Gasteiger partial charge in [0.05, 0.1) is 18.2 Å². The number of aliphatic imine (C=N–C) groups is 1. The number of alkyl halides is 3. The van der Waals surface area contributed by atoms with Crippen LogP contribution >= 0.6 is 0 Å². The minimum Gasteiger partial charge on any atom is -0.345 e. The number of tetrazole rings is 1. The second kappa shape index (κ2) is 11.3. The van der Waals surface area contributed by atoms with E-state index < -0.39 is 29.4 Å². The van der Waals surface area contributed by atoms with Crippen molar-refractivity contribution in [1.29, 1.82) is 0 Å². The average molecular weight is 566 g/mol. The van der Waals surface area contributed by atoms with Gasteiger partial charge in [0.15, 0.2) is 5.82 Å². The van der Waals surface area contributed by atoms with Crippen molar-refractivity contribution in [2.45, 2.75) is 64.0 Å². The van der Waals surface area contributed by atoms with Crippen LogP contribution in [0.2, 0.25) is 0 Å².